The van der Waals surface area contributed by atoms with Crippen LogP contribution in [0.25, 0.3) is 0 Å². The summed E-state index contributed by atoms with van der Waals surface area (Å²) in [7, 11) is 1.64. The lowest BCUT2D eigenvalue weighted by molar-refractivity contribution is -0.133. The maximum atomic E-state index is 12.9. The van der Waals surface area contributed by atoms with Crippen molar-refractivity contribution in [1.29, 1.82) is 0 Å². The number of ether oxygens (including phenoxy) is 2. The number of benzene rings is 2. The van der Waals surface area contributed by atoms with Crippen molar-refractivity contribution in [3.8, 4) is 11.5 Å². The molecule has 1 aliphatic rings. The second-order valence-corrected chi connectivity index (χ2v) is 6.89. The molecule has 0 radical (unpaired) electrons. The van der Waals surface area contributed by atoms with Gasteiger partial charge in [-0.1, -0.05) is 30.3 Å². The van der Waals surface area contributed by atoms with E-state index in [2.05, 4.69) is 0 Å². The molecule has 1 aliphatic heterocycles. The molecule has 1 saturated heterocycles. The fourth-order valence-corrected chi connectivity index (χ4v) is 3.34. The normalized spacial score (nSPS) is 16.3. The van der Waals surface area contributed by atoms with E-state index >= 15 is 0 Å². The lowest BCUT2D eigenvalue weighted by atomic mass is 10.1. The maximum absolute atomic E-state index is 12.9. The number of phenolic OH excluding ortho intramolecular Hbond substituents is 1. The van der Waals surface area contributed by atoms with Gasteiger partial charge in [-0.3, -0.25) is 4.79 Å². The molecule has 1 amide bonds. The molecule has 0 spiro atoms. The molecular weight excluding hydrogens is 342 g/mol. The average Bonchev–Trinajstić information content (AvgIpc) is 3.21. The molecule has 27 heavy (non-hydrogen) atoms. The Balaban J connectivity index is 1.64. The van der Waals surface area contributed by atoms with Gasteiger partial charge in [0.15, 0.2) is 0 Å². The standard InChI is InChI=1S/C22H27NO4/c1-26-19-11-8-17(9-12-19)10-13-22(25)23(16-20-6-4-14-27-20)15-18-5-2-3-7-21(18)24/h2-3,5,7-9,11-12,20,24H,4,6,10,13-16H2,1H3. The number of carbonyl (C=O) groups excluding carboxylic acids is 1. The second-order valence-electron chi connectivity index (χ2n) is 6.89. The maximum Gasteiger partial charge on any atom is 0.223 e. The van der Waals surface area contributed by atoms with Crippen molar-refractivity contribution in [2.24, 2.45) is 0 Å². The topological polar surface area (TPSA) is 59.0 Å². The van der Waals surface area contributed by atoms with E-state index in [1.807, 2.05) is 41.3 Å². The van der Waals surface area contributed by atoms with E-state index in [9.17, 15) is 9.90 Å². The minimum atomic E-state index is 0.0737. The Morgan fingerprint density at radius 1 is 1.22 bits per heavy atom. The third kappa shape index (κ3) is 5.47. The summed E-state index contributed by atoms with van der Waals surface area (Å²) in [6, 6.07) is 15.0. The fourth-order valence-electron chi connectivity index (χ4n) is 3.34. The first-order chi connectivity index (χ1) is 13.2. The number of phenols is 1. The van der Waals surface area contributed by atoms with Gasteiger partial charge in [0.25, 0.3) is 0 Å². The summed E-state index contributed by atoms with van der Waals surface area (Å²) >= 11 is 0. The highest BCUT2D eigenvalue weighted by Gasteiger charge is 2.23. The number of para-hydroxylation sites is 1. The first-order valence-corrected chi connectivity index (χ1v) is 9.45. The molecule has 1 fully saturated rings. The predicted octanol–water partition coefficient (Wildman–Crippen LogP) is 3.54. The van der Waals surface area contributed by atoms with Gasteiger partial charge in [0.2, 0.25) is 5.91 Å². The van der Waals surface area contributed by atoms with Gasteiger partial charge in [-0.2, -0.15) is 0 Å². The number of aromatic hydroxyl groups is 1. The van der Waals surface area contributed by atoms with E-state index in [1.165, 1.54) is 0 Å². The Bertz CT molecular complexity index is 738. The van der Waals surface area contributed by atoms with Crippen LogP contribution in [0.15, 0.2) is 48.5 Å². The van der Waals surface area contributed by atoms with Crippen LogP contribution < -0.4 is 4.74 Å². The smallest absolute Gasteiger partial charge is 0.223 e. The molecule has 5 heteroatoms. The molecular formula is C22H27NO4. The van der Waals surface area contributed by atoms with E-state index in [1.54, 1.807) is 19.2 Å². The van der Waals surface area contributed by atoms with Crippen molar-refractivity contribution in [3.63, 3.8) is 0 Å². The number of amides is 1. The Labute approximate surface area is 160 Å². The van der Waals surface area contributed by atoms with Gasteiger partial charge in [0.05, 0.1) is 13.2 Å². The van der Waals surface area contributed by atoms with E-state index in [0.717, 1.165) is 36.3 Å². The number of hydrogen-bond acceptors (Lipinski definition) is 4. The van der Waals surface area contributed by atoms with Crippen LogP contribution in [0.4, 0.5) is 0 Å². The van der Waals surface area contributed by atoms with Gasteiger partial charge >= 0.3 is 0 Å². The Morgan fingerprint density at radius 3 is 2.67 bits per heavy atom. The summed E-state index contributed by atoms with van der Waals surface area (Å²) in [5, 5.41) is 10.1. The molecule has 3 rings (SSSR count). The zero-order chi connectivity index (χ0) is 19.1. The highest BCUT2D eigenvalue weighted by atomic mass is 16.5. The zero-order valence-electron chi connectivity index (χ0n) is 15.8. The van der Waals surface area contributed by atoms with Crippen molar-refractivity contribution < 1.29 is 19.4 Å². The molecule has 1 N–H and O–H groups in total. The molecule has 2 aromatic rings. The van der Waals surface area contributed by atoms with E-state index < -0.39 is 0 Å². The summed E-state index contributed by atoms with van der Waals surface area (Å²) in [6.07, 6.45) is 3.19. The SMILES string of the molecule is COc1ccc(CCC(=O)N(Cc2ccccc2O)CC2CCCO2)cc1. The van der Waals surface area contributed by atoms with E-state index in [-0.39, 0.29) is 17.8 Å². The highest BCUT2D eigenvalue weighted by Crippen LogP contribution is 2.21. The number of nitrogens with zero attached hydrogens (tertiary/aromatic N) is 1. The van der Waals surface area contributed by atoms with Crippen LogP contribution in [0.5, 0.6) is 11.5 Å². The van der Waals surface area contributed by atoms with Gasteiger partial charge in [-0.05, 0) is 43.0 Å². The molecule has 2 aromatic carbocycles. The minimum absolute atomic E-state index is 0.0737. The second kappa shape index (κ2) is 9.42. The van der Waals surface area contributed by atoms with E-state index in [0.29, 0.717) is 25.9 Å². The summed E-state index contributed by atoms with van der Waals surface area (Å²) < 4.78 is 10.9. The van der Waals surface area contributed by atoms with Crippen molar-refractivity contribution in [3.05, 3.63) is 59.7 Å². The lowest BCUT2D eigenvalue weighted by Crippen LogP contribution is -2.37. The quantitative estimate of drug-likeness (QED) is 0.773. The molecule has 1 unspecified atom stereocenters. The third-order valence-corrected chi connectivity index (χ3v) is 4.94. The number of carbonyl (C=O) groups is 1. The summed E-state index contributed by atoms with van der Waals surface area (Å²) in [6.45, 7) is 1.72. The molecule has 0 aromatic heterocycles. The number of methoxy groups -OCH3 is 1. The minimum Gasteiger partial charge on any atom is -0.508 e. The lowest BCUT2D eigenvalue weighted by Gasteiger charge is -2.26. The monoisotopic (exact) mass is 369 g/mol. The predicted molar refractivity (Wildman–Crippen MR) is 104 cm³/mol. The fraction of sp³-hybridized carbons (Fsp3) is 0.409. The Kier molecular flexibility index (Phi) is 6.71. The Hall–Kier alpha value is -2.53. The summed E-state index contributed by atoms with van der Waals surface area (Å²) in [4.78, 5) is 14.7. The molecule has 0 bridgehead atoms. The van der Waals surface area contributed by atoms with Crippen LogP contribution in [0, 0.1) is 0 Å². The highest BCUT2D eigenvalue weighted by molar-refractivity contribution is 5.76. The Morgan fingerprint density at radius 2 is 2.00 bits per heavy atom. The first kappa shape index (κ1) is 19.2. The van der Waals surface area contributed by atoms with Crippen LogP contribution in [0.2, 0.25) is 0 Å². The zero-order valence-corrected chi connectivity index (χ0v) is 15.8. The van der Waals surface area contributed by atoms with Crippen molar-refractivity contribution >= 4 is 5.91 Å². The molecule has 1 heterocycles. The summed E-state index contributed by atoms with van der Waals surface area (Å²) in [5.74, 6) is 1.10. The first-order valence-electron chi connectivity index (χ1n) is 9.45. The molecule has 1 atom stereocenters. The number of aryl methyl sites for hydroxylation is 1. The molecule has 0 aliphatic carbocycles. The molecule has 5 nitrogen and oxygen atoms in total. The summed E-state index contributed by atoms with van der Waals surface area (Å²) in [5.41, 5.74) is 1.86. The van der Waals surface area contributed by atoms with Crippen LogP contribution in [0.3, 0.4) is 0 Å². The van der Waals surface area contributed by atoms with Gasteiger partial charge < -0.3 is 19.5 Å². The van der Waals surface area contributed by atoms with Gasteiger partial charge in [-0.25, -0.2) is 0 Å². The van der Waals surface area contributed by atoms with Crippen LogP contribution in [0.1, 0.15) is 30.4 Å². The van der Waals surface area contributed by atoms with Crippen molar-refractivity contribution in [1.82, 2.24) is 4.90 Å². The van der Waals surface area contributed by atoms with Crippen LogP contribution in [-0.4, -0.2) is 42.3 Å². The number of rotatable bonds is 8. The van der Waals surface area contributed by atoms with Gasteiger partial charge in [-0.15, -0.1) is 0 Å². The van der Waals surface area contributed by atoms with Crippen molar-refractivity contribution in [2.75, 3.05) is 20.3 Å². The molecule has 0 saturated carbocycles. The number of hydrogen-bond donors (Lipinski definition) is 1. The third-order valence-electron chi connectivity index (χ3n) is 4.94. The van der Waals surface area contributed by atoms with E-state index in [4.69, 9.17) is 9.47 Å². The van der Waals surface area contributed by atoms with Gasteiger partial charge in [0, 0.05) is 31.7 Å². The largest absolute Gasteiger partial charge is 0.508 e. The van der Waals surface area contributed by atoms with Crippen molar-refractivity contribution in [2.45, 2.75) is 38.3 Å². The van der Waals surface area contributed by atoms with Crippen LogP contribution in [-0.2, 0) is 22.5 Å². The average molecular weight is 369 g/mol. The molecule has 144 valence electrons. The van der Waals surface area contributed by atoms with Crippen LogP contribution >= 0.6 is 0 Å². The van der Waals surface area contributed by atoms with Gasteiger partial charge in [0.1, 0.15) is 11.5 Å².